The summed E-state index contributed by atoms with van der Waals surface area (Å²) in [4.78, 5) is 2.65. The van der Waals surface area contributed by atoms with Crippen molar-refractivity contribution in [3.63, 3.8) is 0 Å². The second-order valence-corrected chi connectivity index (χ2v) is 9.97. The minimum atomic E-state index is -3.76. The summed E-state index contributed by atoms with van der Waals surface area (Å²) in [5.41, 5.74) is 4.62. The number of hydrogen-bond donors (Lipinski definition) is 1. The van der Waals surface area contributed by atoms with Crippen molar-refractivity contribution >= 4 is 27.1 Å². The first kappa shape index (κ1) is 21.1. The van der Waals surface area contributed by atoms with E-state index in [0.29, 0.717) is 5.56 Å². The van der Waals surface area contributed by atoms with Gasteiger partial charge < -0.3 is 4.57 Å². The van der Waals surface area contributed by atoms with Crippen LogP contribution in [0.4, 0.5) is 0 Å². The molecule has 3 rings (SSSR count). The van der Waals surface area contributed by atoms with Gasteiger partial charge in [-0.15, -0.1) is 0 Å². The second-order valence-electron chi connectivity index (χ2n) is 8.34. The fraction of sp³-hybridized carbons (Fsp3) is 0.348. The second kappa shape index (κ2) is 7.67. The maximum absolute atomic E-state index is 12.9. The molecule has 1 N–H and O–H groups in total. The Labute approximate surface area is 173 Å². The van der Waals surface area contributed by atoms with Crippen molar-refractivity contribution in [2.24, 2.45) is 5.10 Å². The summed E-state index contributed by atoms with van der Waals surface area (Å²) < 4.78 is 28.0. The van der Waals surface area contributed by atoms with Crippen molar-refractivity contribution in [3.05, 3.63) is 64.8 Å². The highest BCUT2D eigenvalue weighted by atomic mass is 32.2. The van der Waals surface area contributed by atoms with Crippen molar-refractivity contribution in [1.29, 1.82) is 0 Å². The van der Waals surface area contributed by atoms with Crippen LogP contribution in [0.5, 0.6) is 0 Å². The number of nitrogens with zero attached hydrogens (tertiary/aromatic N) is 2. The lowest BCUT2D eigenvalue weighted by Gasteiger charge is -2.20. The highest BCUT2D eigenvalue weighted by Crippen LogP contribution is 2.27. The normalized spacial score (nSPS) is 12.8. The van der Waals surface area contributed by atoms with Gasteiger partial charge in [-0.2, -0.15) is 13.5 Å². The van der Waals surface area contributed by atoms with Crippen LogP contribution in [0.1, 0.15) is 50.1 Å². The van der Waals surface area contributed by atoms with E-state index in [0.717, 1.165) is 34.3 Å². The Morgan fingerprint density at radius 3 is 2.45 bits per heavy atom. The molecule has 3 aromatic rings. The van der Waals surface area contributed by atoms with Gasteiger partial charge in [-0.25, -0.2) is 4.83 Å². The Kier molecular flexibility index (Phi) is 5.59. The molecule has 6 heteroatoms. The number of para-hydroxylation sites is 1. The van der Waals surface area contributed by atoms with Gasteiger partial charge in [0.1, 0.15) is 0 Å². The molecule has 0 fully saturated rings. The average Bonchev–Trinajstić information content (AvgIpc) is 2.92. The van der Waals surface area contributed by atoms with Crippen molar-refractivity contribution in [3.8, 4) is 0 Å². The maximum Gasteiger partial charge on any atom is 0.276 e. The lowest BCUT2D eigenvalue weighted by atomic mass is 9.87. The minimum absolute atomic E-state index is 0.139. The molecule has 1 heterocycles. The number of sulfonamides is 1. The van der Waals surface area contributed by atoms with Gasteiger partial charge in [-0.1, -0.05) is 51.1 Å². The maximum atomic E-state index is 12.9. The molecule has 0 saturated heterocycles. The molecule has 0 radical (unpaired) electrons. The third-order valence-corrected chi connectivity index (χ3v) is 6.67. The summed E-state index contributed by atoms with van der Waals surface area (Å²) in [5, 5.41) is 5.16. The minimum Gasteiger partial charge on any atom is -0.344 e. The van der Waals surface area contributed by atoms with Gasteiger partial charge in [-0.3, -0.25) is 0 Å². The fourth-order valence-corrected chi connectivity index (χ4v) is 4.66. The molecular formula is C23H29N3O2S. The summed E-state index contributed by atoms with van der Waals surface area (Å²) in [6, 6.07) is 13.6. The number of hydrogen-bond acceptors (Lipinski definition) is 3. The molecule has 1 aromatic heterocycles. The SMILES string of the molecule is CCn1c(C)c(/C=N/NS(=O)(=O)c2cc(C(C)(C)C)ccc2C)c2ccccc21. The lowest BCUT2D eigenvalue weighted by molar-refractivity contribution is 0.577. The first-order valence-electron chi connectivity index (χ1n) is 9.80. The standard InChI is InChI=1S/C23H29N3O2S/c1-7-26-17(3)20(19-10-8-9-11-21(19)26)15-24-25-29(27,28)22-14-18(23(4,5)6)13-12-16(22)2/h8-15,25H,7H2,1-6H3/b24-15+. The highest BCUT2D eigenvalue weighted by molar-refractivity contribution is 7.89. The van der Waals surface area contributed by atoms with E-state index in [1.54, 1.807) is 19.2 Å². The zero-order valence-corrected chi connectivity index (χ0v) is 18.8. The van der Waals surface area contributed by atoms with Gasteiger partial charge in [0.05, 0.1) is 11.1 Å². The Hall–Kier alpha value is -2.60. The van der Waals surface area contributed by atoms with E-state index >= 15 is 0 Å². The molecule has 0 unspecified atom stereocenters. The zero-order valence-electron chi connectivity index (χ0n) is 17.9. The number of benzene rings is 2. The first-order chi connectivity index (χ1) is 13.6. The predicted octanol–water partition coefficient (Wildman–Crippen LogP) is 4.89. The van der Waals surface area contributed by atoms with Crippen LogP contribution in [0.25, 0.3) is 10.9 Å². The molecule has 154 valence electrons. The molecule has 0 saturated carbocycles. The summed E-state index contributed by atoms with van der Waals surface area (Å²) in [7, 11) is -3.76. The molecule has 0 aliphatic heterocycles. The molecular weight excluding hydrogens is 382 g/mol. The number of rotatable bonds is 5. The molecule has 0 bridgehead atoms. The number of aryl methyl sites for hydroxylation is 2. The molecule has 29 heavy (non-hydrogen) atoms. The number of aromatic nitrogens is 1. The van der Waals surface area contributed by atoms with E-state index in [-0.39, 0.29) is 10.3 Å². The predicted molar refractivity (Wildman–Crippen MR) is 120 cm³/mol. The third kappa shape index (κ3) is 4.08. The Morgan fingerprint density at radius 1 is 1.10 bits per heavy atom. The summed E-state index contributed by atoms with van der Waals surface area (Å²) in [5.74, 6) is 0. The quantitative estimate of drug-likeness (QED) is 0.480. The fourth-order valence-electron chi connectivity index (χ4n) is 3.59. The van der Waals surface area contributed by atoms with Crippen LogP contribution in [0, 0.1) is 13.8 Å². The van der Waals surface area contributed by atoms with Crippen LogP contribution in [-0.2, 0) is 22.0 Å². The number of nitrogens with one attached hydrogen (secondary N) is 1. The van der Waals surface area contributed by atoms with Crippen LogP contribution in [0.3, 0.4) is 0 Å². The van der Waals surface area contributed by atoms with Gasteiger partial charge in [-0.05, 0) is 49.4 Å². The van der Waals surface area contributed by atoms with Crippen molar-refractivity contribution in [2.45, 2.75) is 58.4 Å². The van der Waals surface area contributed by atoms with Crippen LogP contribution >= 0.6 is 0 Å². The van der Waals surface area contributed by atoms with E-state index in [4.69, 9.17) is 0 Å². The van der Waals surface area contributed by atoms with E-state index in [1.807, 2.05) is 37.3 Å². The average molecular weight is 412 g/mol. The molecule has 0 atom stereocenters. The lowest BCUT2D eigenvalue weighted by Crippen LogP contribution is -2.21. The number of fused-ring (bicyclic) bond motifs is 1. The van der Waals surface area contributed by atoms with E-state index < -0.39 is 10.0 Å². The summed E-state index contributed by atoms with van der Waals surface area (Å²) >= 11 is 0. The molecule has 2 aromatic carbocycles. The van der Waals surface area contributed by atoms with E-state index in [1.165, 1.54) is 0 Å². The molecule has 0 aliphatic rings. The topological polar surface area (TPSA) is 63.5 Å². The van der Waals surface area contributed by atoms with E-state index in [9.17, 15) is 8.42 Å². The van der Waals surface area contributed by atoms with Crippen LogP contribution in [0.15, 0.2) is 52.5 Å². The van der Waals surface area contributed by atoms with Crippen molar-refractivity contribution in [1.82, 2.24) is 9.40 Å². The van der Waals surface area contributed by atoms with Crippen molar-refractivity contribution < 1.29 is 8.42 Å². The summed E-state index contributed by atoms with van der Waals surface area (Å²) in [6.07, 6.45) is 1.60. The van der Waals surface area contributed by atoms with Gasteiger partial charge in [0.15, 0.2) is 0 Å². The molecule has 0 aliphatic carbocycles. The largest absolute Gasteiger partial charge is 0.344 e. The Morgan fingerprint density at radius 2 is 1.79 bits per heavy atom. The van der Waals surface area contributed by atoms with Gasteiger partial charge >= 0.3 is 0 Å². The monoisotopic (exact) mass is 411 g/mol. The highest BCUT2D eigenvalue weighted by Gasteiger charge is 2.21. The van der Waals surface area contributed by atoms with Crippen LogP contribution in [0.2, 0.25) is 0 Å². The molecule has 0 spiro atoms. The van der Waals surface area contributed by atoms with Gasteiger partial charge in [0.2, 0.25) is 0 Å². The Balaban J connectivity index is 1.95. The molecule has 0 amide bonds. The van der Waals surface area contributed by atoms with Gasteiger partial charge in [0, 0.05) is 28.7 Å². The Bertz CT molecular complexity index is 1180. The zero-order chi connectivity index (χ0) is 21.4. The number of hydrazone groups is 1. The third-order valence-electron chi connectivity index (χ3n) is 5.31. The van der Waals surface area contributed by atoms with Crippen LogP contribution < -0.4 is 4.83 Å². The van der Waals surface area contributed by atoms with Gasteiger partial charge in [0.25, 0.3) is 10.0 Å². The first-order valence-corrected chi connectivity index (χ1v) is 11.3. The molecule has 5 nitrogen and oxygen atoms in total. The van der Waals surface area contributed by atoms with Crippen LogP contribution in [-0.4, -0.2) is 19.2 Å². The summed E-state index contributed by atoms with van der Waals surface area (Å²) in [6.45, 7) is 12.9. The van der Waals surface area contributed by atoms with E-state index in [2.05, 4.69) is 48.3 Å². The smallest absolute Gasteiger partial charge is 0.276 e. The van der Waals surface area contributed by atoms with Crippen molar-refractivity contribution in [2.75, 3.05) is 0 Å².